The summed E-state index contributed by atoms with van der Waals surface area (Å²) in [4.78, 5) is 31.2. The lowest BCUT2D eigenvalue weighted by atomic mass is 9.77. The molecule has 0 unspecified atom stereocenters. The normalized spacial score (nSPS) is 35.4. The highest BCUT2D eigenvalue weighted by Gasteiger charge is 2.51. The average Bonchev–Trinajstić information content (AvgIpc) is 3.27. The highest BCUT2D eigenvalue weighted by Crippen LogP contribution is 2.38. The Morgan fingerprint density at radius 1 is 1.03 bits per heavy atom. The molecule has 0 spiro atoms. The number of benzene rings is 1. The maximum Gasteiger partial charge on any atom is 0.315 e. The van der Waals surface area contributed by atoms with E-state index >= 15 is 0 Å². The molecular weight excluding hydrogens is 869 g/mol. The second-order valence-corrected chi connectivity index (χ2v) is 19.9. The van der Waals surface area contributed by atoms with E-state index in [1.54, 1.807) is 55.6 Å². The Bertz CT molecular complexity index is 1600. The summed E-state index contributed by atoms with van der Waals surface area (Å²) in [5, 5.41) is 65.0. The van der Waals surface area contributed by atoms with Crippen LogP contribution in [0, 0.1) is 17.8 Å². The zero-order valence-electron chi connectivity index (χ0n) is 42.8. The molecule has 2 saturated heterocycles. The van der Waals surface area contributed by atoms with Gasteiger partial charge < -0.3 is 74.2 Å². The molecule has 2 heterocycles. The molecule has 0 aromatic heterocycles. The first kappa shape index (κ1) is 58.6. The van der Waals surface area contributed by atoms with Gasteiger partial charge in [-0.3, -0.25) is 9.69 Å². The number of urea groups is 1. The predicted molar refractivity (Wildman–Crippen MR) is 253 cm³/mol. The van der Waals surface area contributed by atoms with Crippen LogP contribution in [0.1, 0.15) is 107 Å². The van der Waals surface area contributed by atoms with Crippen LogP contribution in [0.15, 0.2) is 24.3 Å². The maximum absolute atomic E-state index is 14.5. The minimum absolute atomic E-state index is 0.144. The standard InChI is InChI=1S/C49H88N4O14/c1-15-39-49(10,60)43(56)33(6)53(23-16-22-50-47(58)51-27-36-17-19-37(62-14)20-18-36)28-29(2)26-48(9,59)44(67-46-41(55)38(52(11)12)25-30(3)63-46)31(4)42(32(5)45(57)65-39)66-40(21-24-61-13)64-35(8)34(7)54/h17-20,29-35,38-44,46,54-56,59-60H,15-16,21-28H2,1-14H3,(H2,50,51,58)/t29-,30-,31+,32-,33-,34-,35+,38+,39-,40+,41-,42+,43-,44-,46+,48-,49-/m1/s1. The third-order valence-electron chi connectivity index (χ3n) is 13.7. The van der Waals surface area contributed by atoms with Gasteiger partial charge in [0.1, 0.15) is 29.7 Å². The number of rotatable bonds is 19. The van der Waals surface area contributed by atoms with Crippen molar-refractivity contribution in [1.29, 1.82) is 0 Å². The summed E-state index contributed by atoms with van der Waals surface area (Å²) >= 11 is 0. The molecule has 18 heteroatoms. The molecule has 388 valence electrons. The number of carbonyl (C=O) groups excluding carboxylic acids is 2. The lowest BCUT2D eigenvalue weighted by Gasteiger charge is -2.47. The van der Waals surface area contributed by atoms with Gasteiger partial charge in [0, 0.05) is 57.7 Å². The lowest BCUT2D eigenvalue weighted by molar-refractivity contribution is -0.306. The lowest BCUT2D eigenvalue weighted by Crippen LogP contribution is -2.59. The van der Waals surface area contributed by atoms with Gasteiger partial charge in [-0.1, -0.05) is 32.9 Å². The molecular formula is C49H88N4O14. The van der Waals surface area contributed by atoms with Gasteiger partial charge in [0.2, 0.25) is 0 Å². The van der Waals surface area contributed by atoms with Crippen LogP contribution in [0.4, 0.5) is 4.79 Å². The van der Waals surface area contributed by atoms with Gasteiger partial charge >= 0.3 is 12.0 Å². The number of esters is 1. The molecule has 0 saturated carbocycles. The second kappa shape index (κ2) is 27.0. The molecule has 1 aromatic carbocycles. The molecule has 18 nitrogen and oxygen atoms in total. The van der Waals surface area contributed by atoms with Crippen LogP contribution in [0.2, 0.25) is 0 Å². The van der Waals surface area contributed by atoms with E-state index in [0.29, 0.717) is 39.0 Å². The fourth-order valence-electron chi connectivity index (χ4n) is 9.51. The SMILES string of the molecule is CC[C@H]1OC(=O)[C@H](C)[C@@H](O[C@@H](CCOC)O[C@@H](C)[C@@H](C)O)[C@H](C)[C@@H](O[C@@H]2O[C@H](C)C[C@H](N(C)C)[C@H]2O)[C@](C)(O)C[C@@H](C)CN(CCCNC(=O)NCc2ccc(OC)cc2)[C@H](C)[C@@H](O)[C@]1(C)O. The molecule has 0 aliphatic carbocycles. The fraction of sp³-hybridized carbons (Fsp3) is 0.837. The Morgan fingerprint density at radius 2 is 1.69 bits per heavy atom. The zero-order chi connectivity index (χ0) is 50.4. The van der Waals surface area contributed by atoms with Gasteiger partial charge in [0.05, 0.1) is 55.8 Å². The first-order chi connectivity index (χ1) is 31.4. The number of aliphatic hydroxyl groups excluding tert-OH is 3. The molecule has 2 aliphatic heterocycles. The number of cyclic esters (lactones) is 1. The van der Waals surface area contributed by atoms with Crippen LogP contribution < -0.4 is 15.4 Å². The van der Waals surface area contributed by atoms with Crippen LogP contribution in [0.25, 0.3) is 0 Å². The van der Waals surface area contributed by atoms with Crippen molar-refractivity contribution >= 4 is 12.0 Å². The molecule has 67 heavy (non-hydrogen) atoms. The molecule has 0 bridgehead atoms. The largest absolute Gasteiger partial charge is 0.497 e. The second-order valence-electron chi connectivity index (χ2n) is 19.9. The summed E-state index contributed by atoms with van der Waals surface area (Å²) < 4.78 is 42.8. The smallest absolute Gasteiger partial charge is 0.315 e. The minimum atomic E-state index is -1.92. The van der Waals surface area contributed by atoms with E-state index in [0.717, 1.165) is 11.3 Å². The van der Waals surface area contributed by atoms with Crippen LogP contribution in [0.3, 0.4) is 0 Å². The maximum atomic E-state index is 14.5. The highest BCUT2D eigenvalue weighted by molar-refractivity contribution is 5.74. The van der Waals surface area contributed by atoms with E-state index < -0.39 is 90.4 Å². The molecule has 2 amide bonds. The van der Waals surface area contributed by atoms with Gasteiger partial charge in [-0.25, -0.2) is 4.79 Å². The molecule has 7 N–H and O–H groups in total. The number of ether oxygens (including phenoxy) is 7. The first-order valence-electron chi connectivity index (χ1n) is 24.2. The van der Waals surface area contributed by atoms with Gasteiger partial charge in [-0.15, -0.1) is 0 Å². The van der Waals surface area contributed by atoms with Crippen molar-refractivity contribution in [3.8, 4) is 5.75 Å². The van der Waals surface area contributed by atoms with E-state index in [2.05, 4.69) is 10.6 Å². The average molecular weight is 957 g/mol. The summed E-state index contributed by atoms with van der Waals surface area (Å²) in [6, 6.07) is 6.05. The number of nitrogens with zero attached hydrogens (tertiary/aromatic N) is 2. The number of hydrogen-bond acceptors (Lipinski definition) is 16. The summed E-state index contributed by atoms with van der Waals surface area (Å²) in [6.45, 7) is 18.9. The number of nitrogens with one attached hydrogen (secondary N) is 2. The zero-order valence-corrected chi connectivity index (χ0v) is 42.8. The van der Waals surface area contributed by atoms with Crippen molar-refractivity contribution in [2.24, 2.45) is 17.8 Å². The monoisotopic (exact) mass is 957 g/mol. The topological polar surface area (TPSA) is 230 Å². The molecule has 2 aliphatic rings. The van der Waals surface area contributed by atoms with E-state index in [4.69, 9.17) is 33.2 Å². The van der Waals surface area contributed by atoms with E-state index in [1.165, 1.54) is 14.0 Å². The predicted octanol–water partition coefficient (Wildman–Crippen LogP) is 3.42. The Kier molecular flexibility index (Phi) is 23.6. The van der Waals surface area contributed by atoms with Crippen molar-refractivity contribution < 1.29 is 68.3 Å². The quantitative estimate of drug-likeness (QED) is 0.0599. The van der Waals surface area contributed by atoms with Crippen molar-refractivity contribution in [1.82, 2.24) is 20.4 Å². The first-order valence-corrected chi connectivity index (χ1v) is 24.2. The Hall–Kier alpha value is -2.72. The summed E-state index contributed by atoms with van der Waals surface area (Å²) in [7, 11) is 6.88. The number of methoxy groups -OCH3 is 2. The van der Waals surface area contributed by atoms with Gasteiger partial charge in [-0.2, -0.15) is 0 Å². The number of likely N-dealkylation sites (N-methyl/N-ethyl adjacent to an activating group) is 1. The Labute approximate surface area is 400 Å². The Morgan fingerprint density at radius 3 is 2.27 bits per heavy atom. The van der Waals surface area contributed by atoms with Crippen LogP contribution >= 0.6 is 0 Å². The van der Waals surface area contributed by atoms with Gasteiger partial charge in [0.15, 0.2) is 12.6 Å². The number of hydrogen-bond donors (Lipinski definition) is 7. The fourth-order valence-corrected chi connectivity index (χ4v) is 9.51. The Balaban J connectivity index is 2.06. The molecule has 2 fully saturated rings. The van der Waals surface area contributed by atoms with Crippen LogP contribution in [0.5, 0.6) is 5.75 Å². The number of aliphatic hydroxyl groups is 5. The van der Waals surface area contributed by atoms with Gasteiger partial charge in [0.25, 0.3) is 0 Å². The number of carbonyl (C=O) groups is 2. The van der Waals surface area contributed by atoms with Crippen molar-refractivity contribution in [3.63, 3.8) is 0 Å². The molecule has 1 aromatic rings. The summed E-state index contributed by atoms with van der Waals surface area (Å²) in [5.41, 5.74) is -2.67. The van der Waals surface area contributed by atoms with E-state index in [-0.39, 0.29) is 50.0 Å². The third-order valence-corrected chi connectivity index (χ3v) is 13.7. The third kappa shape index (κ3) is 17.0. The van der Waals surface area contributed by atoms with E-state index in [1.807, 2.05) is 62.0 Å². The summed E-state index contributed by atoms with van der Waals surface area (Å²) in [5.74, 6) is -2.18. The minimum Gasteiger partial charge on any atom is -0.497 e. The molecule has 3 rings (SSSR count). The number of amides is 2. The van der Waals surface area contributed by atoms with Crippen molar-refractivity contribution in [3.05, 3.63) is 29.8 Å². The summed E-state index contributed by atoms with van der Waals surface area (Å²) in [6.07, 6.45) is -8.32. The van der Waals surface area contributed by atoms with Crippen molar-refractivity contribution in [2.45, 2.75) is 193 Å². The molecule has 0 radical (unpaired) electrons. The van der Waals surface area contributed by atoms with E-state index in [9.17, 15) is 35.1 Å². The van der Waals surface area contributed by atoms with Crippen LogP contribution in [-0.4, -0.2) is 187 Å². The highest BCUT2D eigenvalue weighted by atomic mass is 16.7. The molecule has 17 atom stereocenters. The van der Waals surface area contributed by atoms with Crippen LogP contribution in [-0.2, 0) is 39.8 Å². The van der Waals surface area contributed by atoms with Crippen molar-refractivity contribution in [2.75, 3.05) is 54.6 Å². The van der Waals surface area contributed by atoms with Gasteiger partial charge in [-0.05, 0) is 112 Å².